The van der Waals surface area contributed by atoms with Crippen molar-refractivity contribution in [3.8, 4) is 0 Å². The largest absolute Gasteiger partial charge is 0.378 e. The summed E-state index contributed by atoms with van der Waals surface area (Å²) in [7, 11) is -4.05. The topological polar surface area (TPSA) is 106 Å². The number of anilines is 1. The Morgan fingerprint density at radius 3 is 2.42 bits per heavy atom. The van der Waals surface area contributed by atoms with E-state index in [-0.39, 0.29) is 10.6 Å². The molecule has 0 bridgehead atoms. The second kappa shape index (κ2) is 10.4. The van der Waals surface area contributed by atoms with Crippen LogP contribution in [0.15, 0.2) is 53.4 Å². The summed E-state index contributed by atoms with van der Waals surface area (Å²) in [6.07, 6.45) is 0. The van der Waals surface area contributed by atoms with Crippen LogP contribution in [0.1, 0.15) is 33.0 Å². The number of ether oxygens (including phenoxy) is 1. The van der Waals surface area contributed by atoms with Crippen LogP contribution >= 0.6 is 11.6 Å². The summed E-state index contributed by atoms with van der Waals surface area (Å²) in [5, 5.41) is 0.616. The van der Waals surface area contributed by atoms with E-state index < -0.39 is 15.9 Å². The van der Waals surface area contributed by atoms with Crippen molar-refractivity contribution in [1.82, 2.24) is 19.3 Å². The molecule has 38 heavy (non-hydrogen) atoms. The number of aryl methyl sites for hydroxylation is 3. The lowest BCUT2D eigenvalue weighted by molar-refractivity contribution is 0.0976. The van der Waals surface area contributed by atoms with E-state index in [1.54, 1.807) is 18.2 Å². The number of morpholine rings is 1. The Labute approximate surface area is 226 Å². The van der Waals surface area contributed by atoms with Crippen molar-refractivity contribution in [3.63, 3.8) is 0 Å². The van der Waals surface area contributed by atoms with Gasteiger partial charge in [-0.1, -0.05) is 35.4 Å². The predicted molar refractivity (Wildman–Crippen MR) is 146 cm³/mol. The van der Waals surface area contributed by atoms with Gasteiger partial charge in [0.25, 0.3) is 15.9 Å². The minimum absolute atomic E-state index is 0.00491. The molecule has 0 radical (unpaired) electrons. The fourth-order valence-electron chi connectivity index (χ4n) is 4.46. The zero-order chi connectivity index (χ0) is 27.0. The Kier molecular flexibility index (Phi) is 7.13. The highest BCUT2D eigenvalue weighted by atomic mass is 35.5. The van der Waals surface area contributed by atoms with Gasteiger partial charge >= 0.3 is 0 Å². The molecule has 4 aromatic rings. The number of aromatic nitrogens is 3. The van der Waals surface area contributed by atoms with Gasteiger partial charge in [0.15, 0.2) is 5.65 Å². The lowest BCUT2D eigenvalue weighted by Crippen LogP contribution is -2.36. The van der Waals surface area contributed by atoms with Crippen LogP contribution in [0.3, 0.4) is 0 Å². The molecule has 0 spiro atoms. The smallest absolute Gasteiger partial charge is 0.283 e. The molecule has 1 aliphatic rings. The van der Waals surface area contributed by atoms with E-state index in [2.05, 4.69) is 19.6 Å². The summed E-state index contributed by atoms with van der Waals surface area (Å²) in [5.74, 6) is -0.109. The van der Waals surface area contributed by atoms with Gasteiger partial charge < -0.3 is 14.2 Å². The van der Waals surface area contributed by atoms with Crippen LogP contribution in [-0.4, -0.2) is 55.2 Å². The second-order valence-corrected chi connectivity index (χ2v) is 11.5. The number of amides is 1. The summed E-state index contributed by atoms with van der Waals surface area (Å²) in [5.41, 5.74) is 4.65. The SMILES string of the molecule is Cc1ccc(S(=O)(=O)NC(=O)c2cc(C)c3nc(C)n(Cc4ccc(N5CCOCC5)cc4Cl)c3n2)cc1. The van der Waals surface area contributed by atoms with Crippen LogP contribution in [0, 0.1) is 20.8 Å². The first-order valence-electron chi connectivity index (χ1n) is 12.2. The van der Waals surface area contributed by atoms with Crippen molar-refractivity contribution in [3.05, 3.63) is 81.8 Å². The maximum absolute atomic E-state index is 13.0. The van der Waals surface area contributed by atoms with Gasteiger partial charge in [0.1, 0.15) is 17.0 Å². The van der Waals surface area contributed by atoms with E-state index in [0.29, 0.717) is 47.3 Å². The molecule has 0 saturated carbocycles. The molecule has 198 valence electrons. The van der Waals surface area contributed by atoms with Crippen LogP contribution in [0.25, 0.3) is 11.2 Å². The Morgan fingerprint density at radius 2 is 1.74 bits per heavy atom. The highest BCUT2D eigenvalue weighted by Gasteiger charge is 2.22. The van der Waals surface area contributed by atoms with Gasteiger partial charge in [-0.2, -0.15) is 0 Å². The van der Waals surface area contributed by atoms with E-state index in [9.17, 15) is 13.2 Å². The lowest BCUT2D eigenvalue weighted by atomic mass is 10.1. The average molecular weight is 554 g/mol. The van der Waals surface area contributed by atoms with E-state index in [1.807, 2.05) is 43.5 Å². The maximum atomic E-state index is 13.0. The van der Waals surface area contributed by atoms with Crippen molar-refractivity contribution in [2.45, 2.75) is 32.2 Å². The van der Waals surface area contributed by atoms with Gasteiger partial charge in [0.05, 0.1) is 24.7 Å². The zero-order valence-corrected chi connectivity index (χ0v) is 22.9. The van der Waals surface area contributed by atoms with Gasteiger partial charge in [-0.15, -0.1) is 0 Å². The third-order valence-electron chi connectivity index (χ3n) is 6.62. The summed E-state index contributed by atoms with van der Waals surface area (Å²) >= 11 is 6.68. The Morgan fingerprint density at radius 1 is 1.03 bits per heavy atom. The van der Waals surface area contributed by atoms with Gasteiger partial charge in [-0.3, -0.25) is 4.79 Å². The molecular formula is C27H28ClN5O4S. The van der Waals surface area contributed by atoms with Crippen LogP contribution in [0.4, 0.5) is 5.69 Å². The number of sulfonamides is 1. The first kappa shape index (κ1) is 26.1. The number of imidazole rings is 1. The van der Waals surface area contributed by atoms with Crippen LogP contribution in [0.2, 0.25) is 5.02 Å². The first-order valence-corrected chi connectivity index (χ1v) is 14.1. The lowest BCUT2D eigenvalue weighted by Gasteiger charge is -2.29. The van der Waals surface area contributed by atoms with Crippen LogP contribution in [-0.2, 0) is 21.3 Å². The molecule has 5 rings (SSSR count). The molecule has 2 aromatic carbocycles. The molecule has 0 atom stereocenters. The van der Waals surface area contributed by atoms with Crippen LogP contribution < -0.4 is 9.62 Å². The molecule has 1 saturated heterocycles. The number of rotatable bonds is 6. The normalized spacial score (nSPS) is 14.2. The van der Waals surface area contributed by atoms with Gasteiger partial charge in [0.2, 0.25) is 0 Å². The average Bonchev–Trinajstić information content (AvgIpc) is 3.21. The number of hydrogen-bond acceptors (Lipinski definition) is 7. The highest BCUT2D eigenvalue weighted by molar-refractivity contribution is 7.90. The van der Waals surface area contributed by atoms with E-state index in [1.165, 1.54) is 12.1 Å². The molecule has 1 N–H and O–H groups in total. The van der Waals surface area contributed by atoms with Crippen LogP contribution in [0.5, 0.6) is 0 Å². The van der Waals surface area contributed by atoms with E-state index in [0.717, 1.165) is 29.9 Å². The number of hydrogen-bond donors (Lipinski definition) is 1. The minimum atomic E-state index is -4.05. The van der Waals surface area contributed by atoms with E-state index in [4.69, 9.17) is 16.3 Å². The maximum Gasteiger partial charge on any atom is 0.283 e. The molecule has 11 heteroatoms. The van der Waals surface area contributed by atoms with Crippen molar-refractivity contribution in [1.29, 1.82) is 0 Å². The molecule has 0 aliphatic carbocycles. The predicted octanol–water partition coefficient (Wildman–Crippen LogP) is 4.01. The number of nitrogens with one attached hydrogen (secondary N) is 1. The molecule has 1 fully saturated rings. The number of fused-ring (bicyclic) bond motifs is 1. The number of nitrogens with zero attached hydrogens (tertiary/aromatic N) is 4. The highest BCUT2D eigenvalue weighted by Crippen LogP contribution is 2.27. The van der Waals surface area contributed by atoms with Gasteiger partial charge in [-0.05, 0) is 62.2 Å². The standard InChI is InChI=1S/C27H28ClN5O4S/c1-17-4-8-22(9-5-17)38(35,36)31-27(34)24-14-18(2)25-26(30-24)33(19(3)29-25)16-20-6-7-21(15-23(20)28)32-10-12-37-13-11-32/h4-9,14-15H,10-13,16H2,1-3H3,(H,31,34). The number of halogens is 1. The first-order chi connectivity index (χ1) is 18.1. The van der Waals surface area contributed by atoms with Crippen molar-refractivity contribution in [2.24, 2.45) is 0 Å². The van der Waals surface area contributed by atoms with Gasteiger partial charge in [-0.25, -0.2) is 23.1 Å². The molecule has 1 amide bonds. The second-order valence-electron chi connectivity index (χ2n) is 9.36. The Bertz CT molecular complexity index is 1630. The number of carbonyl (C=O) groups is 1. The summed E-state index contributed by atoms with van der Waals surface area (Å²) in [4.78, 5) is 24.4. The Hall–Kier alpha value is -3.47. The zero-order valence-electron chi connectivity index (χ0n) is 21.4. The molecule has 3 heterocycles. The number of benzene rings is 2. The molecule has 1 aliphatic heterocycles. The molecule has 9 nitrogen and oxygen atoms in total. The molecular weight excluding hydrogens is 526 g/mol. The molecule has 2 aromatic heterocycles. The summed E-state index contributed by atoms with van der Waals surface area (Å²) in [6, 6.07) is 13.8. The quantitative estimate of drug-likeness (QED) is 0.384. The Balaban J connectivity index is 1.44. The van der Waals surface area contributed by atoms with Crippen molar-refractivity contribution < 1.29 is 17.9 Å². The fraction of sp³-hybridized carbons (Fsp3) is 0.296. The van der Waals surface area contributed by atoms with E-state index >= 15 is 0 Å². The summed E-state index contributed by atoms with van der Waals surface area (Å²) < 4.78 is 35.0. The van der Waals surface area contributed by atoms with Crippen molar-refractivity contribution >= 4 is 44.4 Å². The number of pyridine rings is 1. The van der Waals surface area contributed by atoms with Crippen molar-refractivity contribution in [2.75, 3.05) is 31.2 Å². The third-order valence-corrected chi connectivity index (χ3v) is 8.32. The fourth-order valence-corrected chi connectivity index (χ4v) is 5.66. The number of carbonyl (C=O) groups excluding carboxylic acids is 1. The third kappa shape index (κ3) is 5.24. The molecule has 0 unspecified atom stereocenters. The summed E-state index contributed by atoms with van der Waals surface area (Å²) in [6.45, 7) is 8.93. The van der Waals surface area contributed by atoms with Gasteiger partial charge in [0, 0.05) is 23.8 Å². The monoisotopic (exact) mass is 553 g/mol. The minimum Gasteiger partial charge on any atom is -0.378 e.